The first-order valence-corrected chi connectivity index (χ1v) is 4.50. The molecule has 0 fully saturated rings. The van der Waals surface area contributed by atoms with Crippen molar-refractivity contribution >= 4 is 23.2 Å². The molecule has 0 bridgehead atoms. The molecular formula is C10H10Cl2. The van der Waals surface area contributed by atoms with Crippen molar-refractivity contribution in [2.75, 3.05) is 0 Å². The molecule has 0 heterocycles. The first-order chi connectivity index (χ1) is 5.67. The maximum Gasteiger partial charge on any atom is 0.0858 e. The van der Waals surface area contributed by atoms with Crippen molar-refractivity contribution in [1.29, 1.82) is 0 Å². The summed E-state index contributed by atoms with van der Waals surface area (Å²) in [7, 11) is 0. The molecule has 0 aliphatic heterocycles. The van der Waals surface area contributed by atoms with Crippen LogP contribution < -0.4 is 0 Å². The molecule has 0 spiro atoms. The molecule has 1 unspecified atom stereocenters. The normalized spacial score (nSPS) is 16.2. The average Bonchev–Trinajstić information content (AvgIpc) is 2.06. The van der Waals surface area contributed by atoms with Crippen LogP contribution >= 0.6 is 23.2 Å². The van der Waals surface area contributed by atoms with Gasteiger partial charge in [0.2, 0.25) is 0 Å². The third-order valence-electron chi connectivity index (χ3n) is 1.71. The Morgan fingerprint density at radius 3 is 2.33 bits per heavy atom. The van der Waals surface area contributed by atoms with Gasteiger partial charge in [-0.05, 0) is 18.6 Å². The fraction of sp³-hybridized carbons (Fsp3) is 0.200. The summed E-state index contributed by atoms with van der Waals surface area (Å²) in [6.45, 7) is 1.91. The molecule has 0 nitrogen and oxygen atoms in total. The molecule has 0 N–H and O–H groups in total. The van der Waals surface area contributed by atoms with Gasteiger partial charge in [0, 0.05) is 5.54 Å². The molecule has 2 heteroatoms. The highest BCUT2D eigenvalue weighted by Crippen LogP contribution is 2.29. The van der Waals surface area contributed by atoms with Crippen LogP contribution in [0.25, 0.3) is 0 Å². The zero-order valence-corrected chi connectivity index (χ0v) is 8.31. The Bertz CT molecular complexity index is 262. The molecule has 1 rings (SSSR count). The quantitative estimate of drug-likeness (QED) is 0.636. The summed E-state index contributed by atoms with van der Waals surface area (Å²) in [5.41, 5.74) is 2.49. The number of allylic oxidation sites excluding steroid dienone is 1. The van der Waals surface area contributed by atoms with E-state index in [1.807, 2.05) is 37.3 Å². The first kappa shape index (κ1) is 9.63. The summed E-state index contributed by atoms with van der Waals surface area (Å²) in [6.07, 6.45) is 1.76. The second kappa shape index (κ2) is 3.97. The van der Waals surface area contributed by atoms with E-state index in [-0.39, 0.29) is 0 Å². The third kappa shape index (κ3) is 2.26. The summed E-state index contributed by atoms with van der Waals surface area (Å²) in [5, 5.41) is 0. The van der Waals surface area contributed by atoms with Crippen molar-refractivity contribution in [3.05, 3.63) is 47.5 Å². The minimum absolute atomic E-state index is 0.497. The van der Waals surface area contributed by atoms with Crippen LogP contribution in [0.3, 0.4) is 0 Å². The van der Waals surface area contributed by atoms with E-state index in [4.69, 9.17) is 23.2 Å². The van der Waals surface area contributed by atoms with E-state index in [0.29, 0.717) is 0 Å². The van der Waals surface area contributed by atoms with Crippen LogP contribution in [0, 0.1) is 0 Å². The Morgan fingerprint density at radius 2 is 1.83 bits per heavy atom. The van der Waals surface area contributed by atoms with E-state index in [0.717, 1.165) is 5.56 Å². The van der Waals surface area contributed by atoms with Gasteiger partial charge >= 0.3 is 0 Å². The lowest BCUT2D eigenvalue weighted by Crippen LogP contribution is -2.08. The summed E-state index contributed by atoms with van der Waals surface area (Å²) >= 11 is 11.7. The number of benzene rings is 1. The zero-order chi connectivity index (χ0) is 9.03. The van der Waals surface area contributed by atoms with Crippen LogP contribution in [-0.2, 0) is 4.87 Å². The fourth-order valence-electron chi connectivity index (χ4n) is 0.979. The second-order valence-electron chi connectivity index (χ2n) is 2.73. The Kier molecular flexibility index (Phi) is 3.19. The molecule has 64 valence electrons. The van der Waals surface area contributed by atoms with E-state index in [1.165, 1.54) is 5.54 Å². The van der Waals surface area contributed by atoms with Gasteiger partial charge in [-0.15, -0.1) is 11.6 Å². The summed E-state index contributed by atoms with van der Waals surface area (Å²) < 4.78 is 0. The third-order valence-corrected chi connectivity index (χ3v) is 2.18. The standard InChI is InChI=1S/C10H10Cl2/c1-10(12,7-8-11)9-5-3-2-4-6-9/h2-8H,1H3/b8-7+. The number of hydrogen-bond donors (Lipinski definition) is 0. The molecule has 0 amide bonds. The van der Waals surface area contributed by atoms with Crippen LogP contribution in [0.4, 0.5) is 0 Å². The Labute approximate surface area is 82.8 Å². The van der Waals surface area contributed by atoms with Gasteiger partial charge in [-0.25, -0.2) is 0 Å². The van der Waals surface area contributed by atoms with E-state index >= 15 is 0 Å². The zero-order valence-electron chi connectivity index (χ0n) is 6.80. The number of rotatable bonds is 2. The SMILES string of the molecule is CC(Cl)(/C=C/Cl)c1ccccc1. The van der Waals surface area contributed by atoms with E-state index < -0.39 is 4.87 Å². The fourth-order valence-corrected chi connectivity index (χ4v) is 1.48. The molecule has 1 atom stereocenters. The predicted octanol–water partition coefficient (Wildman–Crippen LogP) is 3.89. The molecule has 12 heavy (non-hydrogen) atoms. The highest BCUT2D eigenvalue weighted by molar-refractivity contribution is 6.28. The van der Waals surface area contributed by atoms with E-state index in [2.05, 4.69) is 0 Å². The van der Waals surface area contributed by atoms with Crippen LogP contribution in [0.1, 0.15) is 12.5 Å². The highest BCUT2D eigenvalue weighted by atomic mass is 35.5. The second-order valence-corrected chi connectivity index (χ2v) is 3.77. The molecule has 0 saturated heterocycles. The van der Waals surface area contributed by atoms with Gasteiger partial charge in [-0.2, -0.15) is 0 Å². The lowest BCUT2D eigenvalue weighted by atomic mass is 10.0. The first-order valence-electron chi connectivity index (χ1n) is 3.69. The number of halogens is 2. The van der Waals surface area contributed by atoms with E-state index in [9.17, 15) is 0 Å². The van der Waals surface area contributed by atoms with Crippen molar-refractivity contribution in [1.82, 2.24) is 0 Å². The molecule has 0 radical (unpaired) electrons. The van der Waals surface area contributed by atoms with Gasteiger partial charge in [-0.3, -0.25) is 0 Å². The highest BCUT2D eigenvalue weighted by Gasteiger charge is 2.18. The van der Waals surface area contributed by atoms with Crippen molar-refractivity contribution in [2.24, 2.45) is 0 Å². The lowest BCUT2D eigenvalue weighted by Gasteiger charge is -2.17. The minimum Gasteiger partial charge on any atom is -0.110 e. The molecule has 1 aromatic carbocycles. The summed E-state index contributed by atoms with van der Waals surface area (Å²) in [5.74, 6) is 0. The monoisotopic (exact) mass is 200 g/mol. The van der Waals surface area contributed by atoms with Crippen molar-refractivity contribution in [3.63, 3.8) is 0 Å². The van der Waals surface area contributed by atoms with Crippen molar-refractivity contribution in [3.8, 4) is 0 Å². The van der Waals surface area contributed by atoms with Crippen LogP contribution in [0.5, 0.6) is 0 Å². The number of hydrogen-bond acceptors (Lipinski definition) is 0. The maximum absolute atomic E-state index is 6.19. The Hall–Kier alpha value is -0.460. The van der Waals surface area contributed by atoms with E-state index in [1.54, 1.807) is 6.08 Å². The summed E-state index contributed by atoms with van der Waals surface area (Å²) in [6, 6.07) is 9.82. The van der Waals surface area contributed by atoms with Crippen molar-refractivity contribution < 1.29 is 0 Å². The molecule has 0 aliphatic rings. The molecular weight excluding hydrogens is 191 g/mol. The lowest BCUT2D eigenvalue weighted by molar-refractivity contribution is 0.864. The smallest absolute Gasteiger partial charge is 0.0858 e. The van der Waals surface area contributed by atoms with Gasteiger partial charge in [-0.1, -0.05) is 41.9 Å². The molecule has 0 saturated carbocycles. The predicted molar refractivity (Wildman–Crippen MR) is 54.6 cm³/mol. The van der Waals surface area contributed by atoms with Crippen LogP contribution in [0.2, 0.25) is 0 Å². The van der Waals surface area contributed by atoms with Crippen LogP contribution in [-0.4, -0.2) is 0 Å². The number of alkyl halides is 1. The maximum atomic E-state index is 6.19. The molecule has 0 aromatic heterocycles. The molecule has 1 aromatic rings. The van der Waals surface area contributed by atoms with Gasteiger partial charge in [0.05, 0.1) is 4.87 Å². The largest absolute Gasteiger partial charge is 0.110 e. The van der Waals surface area contributed by atoms with Crippen molar-refractivity contribution in [2.45, 2.75) is 11.8 Å². The van der Waals surface area contributed by atoms with Gasteiger partial charge < -0.3 is 0 Å². The van der Waals surface area contributed by atoms with Gasteiger partial charge in [0.25, 0.3) is 0 Å². The van der Waals surface area contributed by atoms with Gasteiger partial charge in [0.1, 0.15) is 0 Å². The Balaban J connectivity index is 2.97. The topological polar surface area (TPSA) is 0 Å². The Morgan fingerprint density at radius 1 is 1.25 bits per heavy atom. The molecule has 0 aliphatic carbocycles. The summed E-state index contributed by atoms with van der Waals surface area (Å²) in [4.78, 5) is -0.497. The average molecular weight is 201 g/mol. The minimum atomic E-state index is -0.497. The van der Waals surface area contributed by atoms with Gasteiger partial charge in [0.15, 0.2) is 0 Å². The van der Waals surface area contributed by atoms with Crippen LogP contribution in [0.15, 0.2) is 41.9 Å².